The maximum absolute atomic E-state index is 10.6. The molecule has 0 aliphatic heterocycles. The van der Waals surface area contributed by atoms with Gasteiger partial charge in [0.15, 0.2) is 0 Å². The van der Waals surface area contributed by atoms with E-state index in [-0.39, 0.29) is 4.08 Å². The van der Waals surface area contributed by atoms with Crippen LogP contribution in [0, 0.1) is 0 Å². The molecule has 0 aromatic heterocycles. The van der Waals surface area contributed by atoms with Gasteiger partial charge in [0.1, 0.15) is 0 Å². The minimum atomic E-state index is -0.394. The summed E-state index contributed by atoms with van der Waals surface area (Å²) in [7, 11) is 0. The van der Waals surface area contributed by atoms with Gasteiger partial charge in [-0.3, -0.25) is 0 Å². The van der Waals surface area contributed by atoms with Crippen molar-refractivity contribution in [3.05, 3.63) is 60.7 Å². The molecule has 1 unspecified atom stereocenters. The standard InChI is InChI=1S/C19H24OS2/c1-3-4-15-19(16(2)20,21-17-11-7-5-8-12-17)22-18-13-9-6-10-14-18/h5-14,16,20H,3-4,15H2,1-2H3. The molecule has 0 fully saturated rings. The second-order valence-electron chi connectivity index (χ2n) is 5.42. The van der Waals surface area contributed by atoms with E-state index >= 15 is 0 Å². The average molecular weight is 333 g/mol. The lowest BCUT2D eigenvalue weighted by Gasteiger charge is -2.35. The second kappa shape index (κ2) is 8.66. The fourth-order valence-corrected chi connectivity index (χ4v) is 5.26. The van der Waals surface area contributed by atoms with Crippen LogP contribution >= 0.6 is 23.5 Å². The van der Waals surface area contributed by atoms with E-state index in [1.807, 2.05) is 19.1 Å². The summed E-state index contributed by atoms with van der Waals surface area (Å²) in [6, 6.07) is 20.8. The van der Waals surface area contributed by atoms with E-state index in [9.17, 15) is 5.11 Å². The Kier molecular flexibility index (Phi) is 6.87. The molecule has 0 aliphatic rings. The predicted molar refractivity (Wildman–Crippen MR) is 98.5 cm³/mol. The highest BCUT2D eigenvalue weighted by Gasteiger charge is 2.37. The van der Waals surface area contributed by atoms with Crippen LogP contribution in [0.1, 0.15) is 33.1 Å². The first-order valence-electron chi connectivity index (χ1n) is 7.82. The molecule has 1 nitrogen and oxygen atoms in total. The molecule has 0 bridgehead atoms. The molecule has 2 aromatic rings. The largest absolute Gasteiger partial charge is 0.391 e. The van der Waals surface area contributed by atoms with Gasteiger partial charge in [0.05, 0.1) is 10.2 Å². The van der Waals surface area contributed by atoms with Gasteiger partial charge in [-0.25, -0.2) is 0 Å². The highest BCUT2D eigenvalue weighted by Crippen LogP contribution is 2.50. The van der Waals surface area contributed by atoms with Crippen molar-refractivity contribution in [1.82, 2.24) is 0 Å². The first-order chi connectivity index (χ1) is 10.7. The molecule has 0 radical (unpaired) electrons. The van der Waals surface area contributed by atoms with Crippen LogP contribution in [0.25, 0.3) is 0 Å². The van der Waals surface area contributed by atoms with Gasteiger partial charge in [0.25, 0.3) is 0 Å². The van der Waals surface area contributed by atoms with Gasteiger partial charge in [0, 0.05) is 9.79 Å². The minimum Gasteiger partial charge on any atom is -0.391 e. The molecule has 118 valence electrons. The number of hydrogen-bond acceptors (Lipinski definition) is 3. The number of hydrogen-bond donors (Lipinski definition) is 1. The topological polar surface area (TPSA) is 20.2 Å². The van der Waals surface area contributed by atoms with E-state index in [2.05, 4.69) is 55.5 Å². The van der Waals surface area contributed by atoms with E-state index < -0.39 is 6.10 Å². The van der Waals surface area contributed by atoms with Crippen molar-refractivity contribution in [2.45, 2.75) is 53.1 Å². The van der Waals surface area contributed by atoms with E-state index in [0.29, 0.717) is 0 Å². The molecule has 0 saturated heterocycles. The average Bonchev–Trinajstić information content (AvgIpc) is 2.54. The third-order valence-corrected chi connectivity index (χ3v) is 6.88. The predicted octanol–water partition coefficient (Wildman–Crippen LogP) is 5.84. The van der Waals surface area contributed by atoms with Gasteiger partial charge in [-0.2, -0.15) is 0 Å². The van der Waals surface area contributed by atoms with Crippen molar-refractivity contribution in [3.8, 4) is 0 Å². The Labute approximate surface area is 142 Å². The fourth-order valence-electron chi connectivity index (χ4n) is 2.30. The van der Waals surface area contributed by atoms with Crippen LogP contribution in [0.3, 0.4) is 0 Å². The van der Waals surface area contributed by atoms with Gasteiger partial charge in [0.2, 0.25) is 0 Å². The molecule has 1 N–H and O–H groups in total. The molecule has 22 heavy (non-hydrogen) atoms. The smallest absolute Gasteiger partial charge is 0.0959 e. The Hall–Kier alpha value is -0.900. The number of thioether (sulfide) groups is 2. The van der Waals surface area contributed by atoms with Crippen LogP contribution in [0.2, 0.25) is 0 Å². The molecular weight excluding hydrogens is 308 g/mol. The highest BCUT2D eigenvalue weighted by atomic mass is 32.2. The van der Waals surface area contributed by atoms with Crippen LogP contribution in [0.4, 0.5) is 0 Å². The normalized spacial score (nSPS) is 13.0. The zero-order chi connectivity index (χ0) is 15.8. The maximum atomic E-state index is 10.6. The van der Waals surface area contributed by atoms with Crippen molar-refractivity contribution in [3.63, 3.8) is 0 Å². The van der Waals surface area contributed by atoms with Crippen LogP contribution in [0.15, 0.2) is 70.5 Å². The lowest BCUT2D eigenvalue weighted by atomic mass is 10.1. The monoisotopic (exact) mass is 332 g/mol. The lowest BCUT2D eigenvalue weighted by Crippen LogP contribution is -2.33. The van der Waals surface area contributed by atoms with Gasteiger partial charge in [-0.15, -0.1) is 23.5 Å². The summed E-state index contributed by atoms with van der Waals surface area (Å²) in [6.07, 6.45) is 2.85. The molecule has 3 heteroatoms. The molecule has 2 rings (SSSR count). The Morgan fingerprint density at radius 3 is 1.73 bits per heavy atom. The van der Waals surface area contributed by atoms with Crippen LogP contribution in [-0.4, -0.2) is 15.3 Å². The first-order valence-corrected chi connectivity index (χ1v) is 9.46. The van der Waals surface area contributed by atoms with Gasteiger partial charge < -0.3 is 5.11 Å². The summed E-state index contributed by atoms with van der Waals surface area (Å²) in [6.45, 7) is 4.12. The zero-order valence-corrected chi connectivity index (χ0v) is 14.9. The molecule has 0 saturated carbocycles. The quantitative estimate of drug-likeness (QED) is 0.484. The molecule has 0 aliphatic carbocycles. The number of aliphatic hydroxyl groups excluding tert-OH is 1. The van der Waals surface area contributed by atoms with Gasteiger partial charge in [-0.05, 0) is 37.6 Å². The zero-order valence-electron chi connectivity index (χ0n) is 13.2. The Morgan fingerprint density at radius 1 is 0.909 bits per heavy atom. The summed E-state index contributed by atoms with van der Waals surface area (Å²) >= 11 is 3.58. The molecule has 2 aromatic carbocycles. The van der Waals surface area contributed by atoms with Crippen molar-refractivity contribution in [2.75, 3.05) is 0 Å². The van der Waals surface area contributed by atoms with Crippen molar-refractivity contribution in [2.24, 2.45) is 0 Å². The number of benzene rings is 2. The number of rotatable bonds is 8. The third kappa shape index (κ3) is 4.80. The van der Waals surface area contributed by atoms with Crippen molar-refractivity contribution >= 4 is 23.5 Å². The summed E-state index contributed by atoms with van der Waals surface area (Å²) in [4.78, 5) is 2.42. The molecule has 0 heterocycles. The molecule has 1 atom stereocenters. The molecule has 0 amide bonds. The molecular formula is C19H24OS2. The lowest BCUT2D eigenvalue weighted by molar-refractivity contribution is 0.175. The number of unbranched alkanes of at least 4 members (excludes halogenated alkanes) is 1. The van der Waals surface area contributed by atoms with E-state index in [1.54, 1.807) is 23.5 Å². The van der Waals surface area contributed by atoms with Crippen LogP contribution in [0.5, 0.6) is 0 Å². The van der Waals surface area contributed by atoms with Crippen LogP contribution in [-0.2, 0) is 0 Å². The number of aliphatic hydroxyl groups is 1. The Morgan fingerprint density at radius 2 is 1.36 bits per heavy atom. The van der Waals surface area contributed by atoms with E-state index in [1.165, 1.54) is 9.79 Å². The Balaban J connectivity index is 2.28. The van der Waals surface area contributed by atoms with Gasteiger partial charge >= 0.3 is 0 Å². The third-order valence-electron chi connectivity index (χ3n) is 3.58. The SMILES string of the molecule is CCCCC(Sc1ccccc1)(Sc1ccccc1)C(C)O. The molecule has 0 spiro atoms. The van der Waals surface area contributed by atoms with Gasteiger partial charge in [-0.1, -0.05) is 56.2 Å². The summed E-state index contributed by atoms with van der Waals surface area (Å²) in [5.74, 6) is 0. The minimum absolute atomic E-state index is 0.251. The van der Waals surface area contributed by atoms with E-state index in [0.717, 1.165) is 19.3 Å². The van der Waals surface area contributed by atoms with Crippen LogP contribution < -0.4 is 0 Å². The van der Waals surface area contributed by atoms with Crippen molar-refractivity contribution < 1.29 is 5.11 Å². The summed E-state index contributed by atoms with van der Waals surface area (Å²) in [5, 5.41) is 10.6. The van der Waals surface area contributed by atoms with E-state index in [4.69, 9.17) is 0 Å². The summed E-state index contributed by atoms with van der Waals surface area (Å²) < 4.78 is -0.251. The fraction of sp³-hybridized carbons (Fsp3) is 0.368. The first kappa shape index (κ1) is 17.5. The Bertz CT molecular complexity index is 498. The maximum Gasteiger partial charge on any atom is 0.0959 e. The summed E-state index contributed by atoms with van der Waals surface area (Å²) in [5.41, 5.74) is 0. The second-order valence-corrected chi connectivity index (χ2v) is 8.49. The van der Waals surface area contributed by atoms with Crippen molar-refractivity contribution in [1.29, 1.82) is 0 Å². The highest BCUT2D eigenvalue weighted by molar-refractivity contribution is 8.18.